The van der Waals surface area contributed by atoms with Crippen LogP contribution in [0, 0.1) is 11.8 Å². The first-order valence-electron chi connectivity index (χ1n) is 8.76. The SMILES string of the molecule is CNCC(C)C(=O)N1CCC(CN(C)Cc2ccccc2)CC1.Cl.Cl. The maximum atomic E-state index is 12.3. The van der Waals surface area contributed by atoms with Crippen molar-refractivity contribution in [2.75, 3.05) is 40.3 Å². The van der Waals surface area contributed by atoms with Crippen molar-refractivity contribution < 1.29 is 4.79 Å². The maximum Gasteiger partial charge on any atom is 0.226 e. The van der Waals surface area contributed by atoms with Gasteiger partial charge in [0.05, 0.1) is 0 Å². The summed E-state index contributed by atoms with van der Waals surface area (Å²) in [6, 6.07) is 10.6. The summed E-state index contributed by atoms with van der Waals surface area (Å²) < 4.78 is 0. The number of benzene rings is 1. The van der Waals surface area contributed by atoms with Crippen LogP contribution in [0.2, 0.25) is 0 Å². The van der Waals surface area contributed by atoms with Crippen molar-refractivity contribution in [2.24, 2.45) is 11.8 Å². The predicted octanol–water partition coefficient (Wildman–Crippen LogP) is 3.06. The smallest absolute Gasteiger partial charge is 0.226 e. The minimum Gasteiger partial charge on any atom is -0.342 e. The van der Waals surface area contributed by atoms with Crippen molar-refractivity contribution in [3.05, 3.63) is 35.9 Å². The first-order chi connectivity index (χ1) is 11.1. The molecule has 1 aromatic carbocycles. The first-order valence-corrected chi connectivity index (χ1v) is 8.76. The van der Waals surface area contributed by atoms with E-state index in [9.17, 15) is 4.79 Å². The van der Waals surface area contributed by atoms with Gasteiger partial charge in [0.1, 0.15) is 0 Å². The Kier molecular flexibility index (Phi) is 12.1. The Morgan fingerprint density at radius 3 is 2.40 bits per heavy atom. The summed E-state index contributed by atoms with van der Waals surface area (Å²) in [6.07, 6.45) is 2.24. The lowest BCUT2D eigenvalue weighted by Crippen LogP contribution is -2.44. The number of carbonyl (C=O) groups is 1. The summed E-state index contributed by atoms with van der Waals surface area (Å²) >= 11 is 0. The van der Waals surface area contributed by atoms with Crippen molar-refractivity contribution >= 4 is 30.7 Å². The van der Waals surface area contributed by atoms with Crippen molar-refractivity contribution in [3.8, 4) is 0 Å². The van der Waals surface area contributed by atoms with Gasteiger partial charge in [0.25, 0.3) is 0 Å². The molecule has 1 fully saturated rings. The maximum absolute atomic E-state index is 12.3. The predicted molar refractivity (Wildman–Crippen MR) is 110 cm³/mol. The second-order valence-electron chi connectivity index (χ2n) is 6.91. The summed E-state index contributed by atoms with van der Waals surface area (Å²) in [5, 5.41) is 3.09. The van der Waals surface area contributed by atoms with E-state index in [0.29, 0.717) is 11.8 Å². The van der Waals surface area contributed by atoms with Gasteiger partial charge in [-0.05, 0) is 38.4 Å². The summed E-state index contributed by atoms with van der Waals surface area (Å²) in [6.45, 7) is 6.72. The van der Waals surface area contributed by atoms with Gasteiger partial charge < -0.3 is 15.1 Å². The van der Waals surface area contributed by atoms with E-state index < -0.39 is 0 Å². The van der Waals surface area contributed by atoms with E-state index in [-0.39, 0.29) is 30.7 Å². The molecule has 25 heavy (non-hydrogen) atoms. The lowest BCUT2D eigenvalue weighted by Gasteiger charge is -2.35. The Bertz CT molecular complexity index is 479. The summed E-state index contributed by atoms with van der Waals surface area (Å²) in [5.74, 6) is 1.08. The molecule has 1 saturated heterocycles. The highest BCUT2D eigenvalue weighted by atomic mass is 35.5. The van der Waals surface area contributed by atoms with Crippen LogP contribution >= 0.6 is 24.8 Å². The number of hydrogen-bond donors (Lipinski definition) is 1. The number of nitrogens with one attached hydrogen (secondary N) is 1. The average Bonchev–Trinajstić information content (AvgIpc) is 2.56. The number of hydrogen-bond acceptors (Lipinski definition) is 3. The third kappa shape index (κ3) is 7.95. The van der Waals surface area contributed by atoms with Crippen LogP contribution < -0.4 is 5.32 Å². The molecule has 4 nitrogen and oxygen atoms in total. The molecule has 1 amide bonds. The fourth-order valence-corrected chi connectivity index (χ4v) is 3.44. The normalized spacial score (nSPS) is 16.1. The van der Waals surface area contributed by atoms with E-state index in [1.54, 1.807) is 0 Å². The third-order valence-electron chi connectivity index (χ3n) is 4.72. The molecule has 0 spiro atoms. The largest absolute Gasteiger partial charge is 0.342 e. The molecule has 1 aliphatic rings. The van der Waals surface area contributed by atoms with Gasteiger partial charge in [-0.15, -0.1) is 24.8 Å². The number of rotatable bonds is 7. The highest BCUT2D eigenvalue weighted by Crippen LogP contribution is 2.20. The van der Waals surface area contributed by atoms with E-state index in [1.165, 1.54) is 5.56 Å². The average molecular weight is 390 g/mol. The van der Waals surface area contributed by atoms with E-state index in [4.69, 9.17) is 0 Å². The summed E-state index contributed by atoms with van der Waals surface area (Å²) in [4.78, 5) is 16.8. The molecule has 0 radical (unpaired) electrons. The first kappa shape index (κ1) is 24.2. The topological polar surface area (TPSA) is 35.6 Å². The Hall–Kier alpha value is -0.810. The quantitative estimate of drug-likeness (QED) is 0.777. The zero-order valence-electron chi connectivity index (χ0n) is 15.6. The molecule has 1 atom stereocenters. The molecule has 0 saturated carbocycles. The molecule has 1 N–H and O–H groups in total. The summed E-state index contributed by atoms with van der Waals surface area (Å²) in [5.41, 5.74) is 1.36. The highest BCUT2D eigenvalue weighted by molar-refractivity contribution is 5.85. The summed E-state index contributed by atoms with van der Waals surface area (Å²) in [7, 11) is 4.10. The number of likely N-dealkylation sites (tertiary alicyclic amines) is 1. The van der Waals surface area contributed by atoms with Crippen molar-refractivity contribution in [1.82, 2.24) is 15.1 Å². The van der Waals surface area contributed by atoms with Gasteiger partial charge in [-0.2, -0.15) is 0 Å². The van der Waals surface area contributed by atoms with Gasteiger partial charge in [0.15, 0.2) is 0 Å². The lowest BCUT2D eigenvalue weighted by atomic mass is 9.95. The van der Waals surface area contributed by atoms with Crippen LogP contribution in [-0.2, 0) is 11.3 Å². The molecule has 0 bridgehead atoms. The lowest BCUT2D eigenvalue weighted by molar-refractivity contribution is -0.136. The van der Waals surface area contributed by atoms with Gasteiger partial charge in [0.2, 0.25) is 5.91 Å². The standard InChI is InChI=1S/C19H31N3O.2ClH/c1-16(13-20-2)19(23)22-11-9-18(10-12-22)15-21(3)14-17-7-5-4-6-8-17;;/h4-8,16,18,20H,9-15H2,1-3H3;2*1H. The molecule has 2 rings (SSSR count). The van der Waals surface area contributed by atoms with Crippen molar-refractivity contribution in [1.29, 1.82) is 0 Å². The number of nitrogens with zero attached hydrogens (tertiary/aromatic N) is 2. The van der Waals surface area contributed by atoms with Crippen molar-refractivity contribution in [3.63, 3.8) is 0 Å². The van der Waals surface area contributed by atoms with Crippen LogP contribution in [0.1, 0.15) is 25.3 Å². The van der Waals surface area contributed by atoms with E-state index in [2.05, 4.69) is 52.5 Å². The monoisotopic (exact) mass is 389 g/mol. The van der Waals surface area contributed by atoms with Crippen LogP contribution in [-0.4, -0.2) is 56.0 Å². The molecular formula is C19H33Cl2N3O. The molecule has 1 aromatic rings. The molecule has 6 heteroatoms. The minimum absolute atomic E-state index is 0. The van der Waals surface area contributed by atoms with E-state index >= 15 is 0 Å². The zero-order valence-corrected chi connectivity index (χ0v) is 17.2. The number of piperidine rings is 1. The third-order valence-corrected chi connectivity index (χ3v) is 4.72. The van der Waals surface area contributed by atoms with E-state index in [0.717, 1.165) is 45.6 Å². The Morgan fingerprint density at radius 2 is 1.84 bits per heavy atom. The Morgan fingerprint density at radius 1 is 1.24 bits per heavy atom. The fourth-order valence-electron chi connectivity index (χ4n) is 3.44. The Balaban J connectivity index is 0.00000288. The highest BCUT2D eigenvalue weighted by Gasteiger charge is 2.26. The molecule has 1 unspecified atom stereocenters. The van der Waals surface area contributed by atoms with E-state index in [1.807, 2.05) is 14.0 Å². The van der Waals surface area contributed by atoms with Crippen molar-refractivity contribution in [2.45, 2.75) is 26.3 Å². The second-order valence-corrected chi connectivity index (χ2v) is 6.91. The fraction of sp³-hybridized carbons (Fsp3) is 0.632. The van der Waals surface area contributed by atoms with Gasteiger partial charge in [-0.25, -0.2) is 0 Å². The minimum atomic E-state index is 0. The van der Waals surface area contributed by atoms with Gasteiger partial charge in [0, 0.05) is 38.6 Å². The molecule has 0 aromatic heterocycles. The van der Waals surface area contributed by atoms with Crippen LogP contribution in [0.5, 0.6) is 0 Å². The molecule has 0 aliphatic carbocycles. The number of halogens is 2. The molecule has 144 valence electrons. The van der Waals surface area contributed by atoms with Crippen LogP contribution in [0.3, 0.4) is 0 Å². The number of amides is 1. The van der Waals surface area contributed by atoms with Gasteiger partial charge in [-0.3, -0.25) is 4.79 Å². The molecule has 1 aliphatic heterocycles. The van der Waals surface area contributed by atoms with Gasteiger partial charge in [-0.1, -0.05) is 37.3 Å². The van der Waals surface area contributed by atoms with Crippen LogP contribution in [0.25, 0.3) is 0 Å². The second kappa shape index (κ2) is 12.5. The molecule has 1 heterocycles. The number of carbonyl (C=O) groups excluding carboxylic acids is 1. The zero-order chi connectivity index (χ0) is 16.7. The van der Waals surface area contributed by atoms with Crippen LogP contribution in [0.4, 0.5) is 0 Å². The Labute approximate surface area is 165 Å². The molecular weight excluding hydrogens is 357 g/mol. The van der Waals surface area contributed by atoms with Gasteiger partial charge >= 0.3 is 0 Å². The van der Waals surface area contributed by atoms with Crippen LogP contribution in [0.15, 0.2) is 30.3 Å².